The van der Waals surface area contributed by atoms with E-state index in [0.717, 1.165) is 17.1 Å². The smallest absolute Gasteiger partial charge is 0.372 e. The van der Waals surface area contributed by atoms with E-state index in [9.17, 15) is 13.2 Å². The van der Waals surface area contributed by atoms with E-state index in [-0.39, 0.29) is 11.8 Å². The third-order valence-electron chi connectivity index (χ3n) is 3.46. The zero-order valence-electron chi connectivity index (χ0n) is 12.7. The number of hydrogen-bond acceptors (Lipinski definition) is 4. The Kier molecular flexibility index (Phi) is 4.00. The van der Waals surface area contributed by atoms with Crippen LogP contribution in [0.1, 0.15) is 5.56 Å². The topological polar surface area (TPSA) is 54.8 Å². The van der Waals surface area contributed by atoms with Gasteiger partial charge in [-0.25, -0.2) is 4.98 Å². The van der Waals surface area contributed by atoms with Gasteiger partial charge < -0.3 is 15.2 Å². The van der Waals surface area contributed by atoms with Gasteiger partial charge in [0, 0.05) is 37.9 Å². The molecule has 0 unspecified atom stereocenters. The molecule has 0 atom stereocenters. The van der Waals surface area contributed by atoms with E-state index in [2.05, 4.69) is 26.7 Å². The van der Waals surface area contributed by atoms with Crippen LogP contribution in [0.25, 0.3) is 10.9 Å². The van der Waals surface area contributed by atoms with Gasteiger partial charge in [-0.05, 0) is 12.1 Å². The summed E-state index contributed by atoms with van der Waals surface area (Å²) in [5, 5.41) is 6.49. The van der Waals surface area contributed by atoms with E-state index < -0.39 is 11.7 Å². The van der Waals surface area contributed by atoms with E-state index in [1.54, 1.807) is 18.3 Å². The molecule has 2 aromatic heterocycles. The maximum Gasteiger partial charge on any atom is 0.421 e. The molecule has 9 heteroatoms. The van der Waals surface area contributed by atoms with Crippen molar-refractivity contribution in [3.8, 4) is 0 Å². The van der Waals surface area contributed by atoms with Crippen LogP contribution in [0.2, 0.25) is 5.02 Å². The van der Waals surface area contributed by atoms with Crippen LogP contribution >= 0.6 is 11.6 Å². The fourth-order valence-electron chi connectivity index (χ4n) is 2.26. The summed E-state index contributed by atoms with van der Waals surface area (Å²) in [6.45, 7) is 0. The van der Waals surface area contributed by atoms with Crippen molar-refractivity contribution in [1.29, 1.82) is 0 Å². The molecule has 24 heavy (non-hydrogen) atoms. The molecule has 0 bridgehead atoms. The highest BCUT2D eigenvalue weighted by atomic mass is 35.5. The molecule has 0 saturated carbocycles. The van der Waals surface area contributed by atoms with Crippen LogP contribution in [0.4, 0.5) is 30.6 Å². The molecule has 1 aromatic carbocycles. The van der Waals surface area contributed by atoms with E-state index in [1.807, 2.05) is 11.6 Å². The normalized spacial score (nSPS) is 11.8. The zero-order chi connectivity index (χ0) is 17.5. The first-order valence-electron chi connectivity index (χ1n) is 6.85. The molecular weight excluding hydrogens is 343 g/mol. The third-order valence-corrected chi connectivity index (χ3v) is 3.77. The standard InChI is InChI=1S/C15H12ClF3N5/c1-20-13-9(15(17,18)19)7-21-14(23-13)22-11-6-12-8(5-10(11)16)3-4-24(12)2/h4-7H,1-2H3,(H2,20,21,22,23). The molecule has 125 valence electrons. The van der Waals surface area contributed by atoms with Gasteiger partial charge in [0.25, 0.3) is 0 Å². The summed E-state index contributed by atoms with van der Waals surface area (Å²) in [6.07, 6.45) is -2.05. The molecule has 0 spiro atoms. The number of alkyl halides is 3. The number of aryl methyl sites for hydroxylation is 1. The lowest BCUT2D eigenvalue weighted by molar-refractivity contribution is -0.137. The lowest BCUT2D eigenvalue weighted by Crippen LogP contribution is -2.12. The molecule has 1 radical (unpaired) electrons. The molecular formula is C15H12ClF3N5. The SMILES string of the molecule is CNc1nc(Nc2cc3c([c]cn3C)cc2Cl)ncc1C(F)(F)F. The summed E-state index contributed by atoms with van der Waals surface area (Å²) in [6, 6.07) is 6.52. The second-order valence-corrected chi connectivity index (χ2v) is 5.47. The summed E-state index contributed by atoms with van der Waals surface area (Å²) >= 11 is 6.20. The minimum Gasteiger partial charge on any atom is -0.372 e. The van der Waals surface area contributed by atoms with Crippen LogP contribution < -0.4 is 10.6 Å². The summed E-state index contributed by atoms with van der Waals surface area (Å²) in [4.78, 5) is 7.58. The molecule has 3 rings (SSSR count). The number of nitrogens with one attached hydrogen (secondary N) is 2. The van der Waals surface area contributed by atoms with Gasteiger partial charge in [-0.15, -0.1) is 0 Å². The zero-order valence-corrected chi connectivity index (χ0v) is 13.4. The lowest BCUT2D eigenvalue weighted by atomic mass is 10.2. The van der Waals surface area contributed by atoms with Crippen molar-refractivity contribution in [2.24, 2.45) is 7.05 Å². The highest BCUT2D eigenvalue weighted by Crippen LogP contribution is 2.35. The van der Waals surface area contributed by atoms with Crippen molar-refractivity contribution in [2.45, 2.75) is 6.18 Å². The first-order chi connectivity index (χ1) is 11.3. The molecule has 0 aliphatic carbocycles. The first-order valence-corrected chi connectivity index (χ1v) is 7.22. The van der Waals surface area contributed by atoms with Crippen molar-refractivity contribution >= 4 is 40.0 Å². The van der Waals surface area contributed by atoms with Crippen LogP contribution in [-0.2, 0) is 13.2 Å². The Morgan fingerprint density at radius 2 is 2.04 bits per heavy atom. The van der Waals surface area contributed by atoms with E-state index >= 15 is 0 Å². The maximum atomic E-state index is 12.9. The molecule has 0 aliphatic heterocycles. The Labute approximate surface area is 140 Å². The van der Waals surface area contributed by atoms with E-state index in [1.165, 1.54) is 7.05 Å². The molecule has 3 aromatic rings. The van der Waals surface area contributed by atoms with Crippen LogP contribution in [0, 0.1) is 6.07 Å². The second-order valence-electron chi connectivity index (χ2n) is 5.06. The molecule has 0 saturated heterocycles. The number of rotatable bonds is 3. The average molecular weight is 355 g/mol. The maximum absolute atomic E-state index is 12.9. The predicted molar refractivity (Wildman–Crippen MR) is 86.6 cm³/mol. The van der Waals surface area contributed by atoms with Gasteiger partial charge in [-0.1, -0.05) is 11.6 Å². The van der Waals surface area contributed by atoms with Gasteiger partial charge in [0.1, 0.15) is 11.4 Å². The molecule has 0 fully saturated rings. The van der Waals surface area contributed by atoms with Crippen molar-refractivity contribution < 1.29 is 13.2 Å². The van der Waals surface area contributed by atoms with Crippen LogP contribution in [0.5, 0.6) is 0 Å². The molecule has 5 nitrogen and oxygen atoms in total. The van der Waals surface area contributed by atoms with Crippen molar-refractivity contribution in [3.63, 3.8) is 0 Å². The number of nitrogens with zero attached hydrogens (tertiary/aromatic N) is 3. The molecule has 0 aliphatic rings. The van der Waals surface area contributed by atoms with Crippen LogP contribution in [-0.4, -0.2) is 21.6 Å². The van der Waals surface area contributed by atoms with Gasteiger partial charge in [0.15, 0.2) is 0 Å². The Morgan fingerprint density at radius 3 is 2.71 bits per heavy atom. The van der Waals surface area contributed by atoms with Crippen molar-refractivity contribution in [2.75, 3.05) is 17.7 Å². The average Bonchev–Trinajstić information content (AvgIpc) is 2.87. The third kappa shape index (κ3) is 2.96. The number of aromatic nitrogens is 3. The Balaban J connectivity index is 1.99. The van der Waals surface area contributed by atoms with Gasteiger partial charge in [0.05, 0.1) is 16.2 Å². The van der Waals surface area contributed by atoms with Gasteiger partial charge in [0.2, 0.25) is 5.95 Å². The first kappa shape index (κ1) is 16.4. The van der Waals surface area contributed by atoms with Crippen molar-refractivity contribution in [1.82, 2.24) is 14.5 Å². The number of fused-ring (bicyclic) bond motifs is 1. The minimum atomic E-state index is -4.54. The lowest BCUT2D eigenvalue weighted by Gasteiger charge is -2.13. The van der Waals surface area contributed by atoms with Gasteiger partial charge in [-0.3, -0.25) is 0 Å². The number of anilines is 3. The van der Waals surface area contributed by atoms with E-state index in [0.29, 0.717) is 10.7 Å². The summed E-state index contributed by atoms with van der Waals surface area (Å²) in [5.41, 5.74) is 0.415. The number of halogens is 4. The van der Waals surface area contributed by atoms with Gasteiger partial charge in [-0.2, -0.15) is 18.2 Å². The van der Waals surface area contributed by atoms with Crippen molar-refractivity contribution in [3.05, 3.63) is 41.2 Å². The molecule has 0 amide bonds. The Bertz CT molecular complexity index is 904. The van der Waals surface area contributed by atoms with Gasteiger partial charge >= 0.3 is 6.18 Å². The number of benzene rings is 1. The Hall–Kier alpha value is -2.48. The highest BCUT2D eigenvalue weighted by Gasteiger charge is 2.35. The molecule has 2 heterocycles. The summed E-state index contributed by atoms with van der Waals surface area (Å²) in [5.74, 6) is -0.309. The number of hydrogen-bond donors (Lipinski definition) is 2. The Morgan fingerprint density at radius 1 is 1.29 bits per heavy atom. The van der Waals surface area contributed by atoms with Crippen LogP contribution in [0.3, 0.4) is 0 Å². The molecule has 2 N–H and O–H groups in total. The highest BCUT2D eigenvalue weighted by molar-refractivity contribution is 6.34. The fourth-order valence-corrected chi connectivity index (χ4v) is 2.47. The summed E-state index contributed by atoms with van der Waals surface area (Å²) in [7, 11) is 3.21. The predicted octanol–water partition coefficient (Wildman–Crippen LogP) is 4.23. The van der Waals surface area contributed by atoms with Crippen LogP contribution in [0.15, 0.2) is 24.5 Å². The quantitative estimate of drug-likeness (QED) is 0.739. The second kappa shape index (κ2) is 5.86. The monoisotopic (exact) mass is 354 g/mol. The fraction of sp³-hybridized carbons (Fsp3) is 0.200. The van der Waals surface area contributed by atoms with E-state index in [4.69, 9.17) is 11.6 Å². The summed E-state index contributed by atoms with van der Waals surface area (Å²) < 4.78 is 40.5. The minimum absolute atomic E-state index is 0.00629. The largest absolute Gasteiger partial charge is 0.421 e.